The zero-order chi connectivity index (χ0) is 11.0. The Balaban J connectivity index is 2.12. The van der Waals surface area contributed by atoms with Crippen LogP contribution in [0, 0.1) is 6.92 Å². The second kappa shape index (κ2) is 3.63. The van der Waals surface area contributed by atoms with E-state index in [9.17, 15) is 0 Å². The first-order valence-electron chi connectivity index (χ1n) is 5.55. The molecule has 0 saturated carbocycles. The number of aromatic nitrogens is 1. The van der Waals surface area contributed by atoms with E-state index in [2.05, 4.69) is 24.0 Å². The predicted octanol–water partition coefficient (Wildman–Crippen LogP) is 3.28. The van der Waals surface area contributed by atoms with E-state index in [1.54, 1.807) is 6.20 Å². The molecule has 2 nitrogen and oxygen atoms in total. The molecule has 2 heteroatoms. The van der Waals surface area contributed by atoms with E-state index in [-0.39, 0.29) is 0 Å². The van der Waals surface area contributed by atoms with E-state index in [1.165, 1.54) is 16.7 Å². The number of benzene rings is 1. The quantitative estimate of drug-likeness (QED) is 0.667. The fourth-order valence-corrected chi connectivity index (χ4v) is 2.16. The molecule has 0 bridgehead atoms. The zero-order valence-electron chi connectivity index (χ0n) is 9.23. The minimum absolute atomic E-state index is 0.756. The Kier molecular flexibility index (Phi) is 2.13. The lowest BCUT2D eigenvalue weighted by Gasteiger charge is -2.08. The third-order valence-corrected chi connectivity index (χ3v) is 3.07. The minimum atomic E-state index is 0.756. The number of hydrogen-bond donors (Lipinski definition) is 0. The molecule has 1 aromatic heterocycles. The van der Waals surface area contributed by atoms with Crippen LogP contribution in [0.1, 0.15) is 16.7 Å². The lowest BCUT2D eigenvalue weighted by molar-refractivity contribution is 0.459. The molecule has 0 spiro atoms. The number of nitrogens with zero attached hydrogens (tertiary/aromatic N) is 1. The molecule has 1 aromatic carbocycles. The lowest BCUT2D eigenvalue weighted by atomic mass is 10.0. The average molecular weight is 211 g/mol. The maximum absolute atomic E-state index is 5.87. The van der Waals surface area contributed by atoms with Crippen LogP contribution in [-0.4, -0.2) is 4.98 Å². The summed E-state index contributed by atoms with van der Waals surface area (Å²) >= 11 is 0. The summed E-state index contributed by atoms with van der Waals surface area (Å²) in [5.41, 5.74) is 3.80. The molecule has 0 atom stereocenters. The van der Waals surface area contributed by atoms with Gasteiger partial charge in [-0.2, -0.15) is 0 Å². The van der Waals surface area contributed by atoms with Crippen LogP contribution in [0.2, 0.25) is 0 Å². The van der Waals surface area contributed by atoms with Crippen molar-refractivity contribution in [3.8, 4) is 11.6 Å². The highest BCUT2D eigenvalue weighted by Gasteiger charge is 2.16. The minimum Gasteiger partial charge on any atom is -0.438 e. The summed E-state index contributed by atoms with van der Waals surface area (Å²) in [5, 5.41) is 0. The van der Waals surface area contributed by atoms with Crippen LogP contribution < -0.4 is 4.74 Å². The van der Waals surface area contributed by atoms with Crippen molar-refractivity contribution in [2.24, 2.45) is 0 Å². The largest absolute Gasteiger partial charge is 0.438 e. The molecule has 0 N–H and O–H groups in total. The molecule has 0 fully saturated rings. The second-order valence-corrected chi connectivity index (χ2v) is 4.12. The van der Waals surface area contributed by atoms with Crippen molar-refractivity contribution < 1.29 is 4.74 Å². The topological polar surface area (TPSA) is 22.1 Å². The Hall–Kier alpha value is -1.83. The number of rotatable bonds is 0. The van der Waals surface area contributed by atoms with E-state index < -0.39 is 0 Å². The van der Waals surface area contributed by atoms with Crippen molar-refractivity contribution >= 4 is 0 Å². The molecule has 0 amide bonds. The lowest BCUT2D eigenvalue weighted by Crippen LogP contribution is -1.92. The Morgan fingerprint density at radius 1 is 1.12 bits per heavy atom. The van der Waals surface area contributed by atoms with Gasteiger partial charge in [-0.15, -0.1) is 0 Å². The first-order valence-corrected chi connectivity index (χ1v) is 5.55. The summed E-state index contributed by atoms with van der Waals surface area (Å²) in [5.74, 6) is 1.71. The van der Waals surface area contributed by atoms with E-state index in [0.29, 0.717) is 0 Å². The van der Waals surface area contributed by atoms with E-state index in [0.717, 1.165) is 24.5 Å². The van der Waals surface area contributed by atoms with Gasteiger partial charge in [-0.1, -0.05) is 18.2 Å². The summed E-state index contributed by atoms with van der Waals surface area (Å²) in [4.78, 5) is 4.29. The predicted molar refractivity (Wildman–Crippen MR) is 62.9 cm³/mol. The van der Waals surface area contributed by atoms with Crippen LogP contribution in [0.3, 0.4) is 0 Å². The van der Waals surface area contributed by atoms with Gasteiger partial charge < -0.3 is 4.74 Å². The van der Waals surface area contributed by atoms with Gasteiger partial charge in [0.15, 0.2) is 0 Å². The van der Waals surface area contributed by atoms with Gasteiger partial charge in [0.05, 0.1) is 0 Å². The van der Waals surface area contributed by atoms with Gasteiger partial charge in [-0.05, 0) is 43.0 Å². The highest BCUT2D eigenvalue weighted by Crippen LogP contribution is 2.33. The Bertz CT molecular complexity index is 534. The van der Waals surface area contributed by atoms with Crippen LogP contribution in [0.4, 0.5) is 0 Å². The van der Waals surface area contributed by atoms with Crippen LogP contribution in [0.15, 0.2) is 36.5 Å². The second-order valence-electron chi connectivity index (χ2n) is 4.12. The molecule has 3 rings (SSSR count). The molecular weight excluding hydrogens is 198 g/mol. The molecule has 0 aliphatic carbocycles. The third kappa shape index (κ3) is 1.47. The number of aryl methyl sites for hydroxylation is 2. The summed E-state index contributed by atoms with van der Waals surface area (Å²) in [6, 6.07) is 10.2. The van der Waals surface area contributed by atoms with Gasteiger partial charge >= 0.3 is 0 Å². The molecule has 16 heavy (non-hydrogen) atoms. The average Bonchev–Trinajstić information content (AvgIpc) is 2.48. The van der Waals surface area contributed by atoms with Gasteiger partial charge in [-0.25, -0.2) is 4.98 Å². The number of ether oxygens (including phenoxy) is 1. The molecule has 0 unspecified atom stereocenters. The van der Waals surface area contributed by atoms with Crippen molar-refractivity contribution in [2.75, 3.05) is 0 Å². The number of hydrogen-bond acceptors (Lipinski definition) is 2. The SMILES string of the molecule is Cc1cccc2c1CCc1cccnc1O2. The Labute approximate surface area is 94.9 Å². The van der Waals surface area contributed by atoms with Gasteiger partial charge in [0.1, 0.15) is 5.75 Å². The Morgan fingerprint density at radius 2 is 2.06 bits per heavy atom. The van der Waals surface area contributed by atoms with Crippen LogP contribution in [0.25, 0.3) is 0 Å². The van der Waals surface area contributed by atoms with Crippen molar-refractivity contribution in [2.45, 2.75) is 19.8 Å². The fourth-order valence-electron chi connectivity index (χ4n) is 2.16. The van der Waals surface area contributed by atoms with Crippen molar-refractivity contribution in [1.82, 2.24) is 4.98 Å². The normalized spacial score (nSPS) is 13.3. The van der Waals surface area contributed by atoms with Crippen molar-refractivity contribution in [3.05, 3.63) is 53.2 Å². The highest BCUT2D eigenvalue weighted by molar-refractivity contribution is 5.45. The molecule has 1 aliphatic heterocycles. The number of fused-ring (bicyclic) bond motifs is 2. The molecule has 80 valence electrons. The number of pyridine rings is 1. The highest BCUT2D eigenvalue weighted by atomic mass is 16.5. The van der Waals surface area contributed by atoms with E-state index in [4.69, 9.17) is 4.74 Å². The summed E-state index contributed by atoms with van der Waals surface area (Å²) in [6.45, 7) is 2.13. The van der Waals surface area contributed by atoms with E-state index >= 15 is 0 Å². The molecule has 0 radical (unpaired) electrons. The molecule has 2 aromatic rings. The van der Waals surface area contributed by atoms with Crippen molar-refractivity contribution in [1.29, 1.82) is 0 Å². The molecular formula is C14H13NO. The summed E-state index contributed by atoms with van der Waals surface area (Å²) in [6.07, 6.45) is 3.81. The van der Waals surface area contributed by atoms with Crippen molar-refractivity contribution in [3.63, 3.8) is 0 Å². The molecule has 2 heterocycles. The third-order valence-electron chi connectivity index (χ3n) is 3.07. The zero-order valence-corrected chi connectivity index (χ0v) is 9.23. The molecule has 1 aliphatic rings. The first-order chi connectivity index (χ1) is 7.84. The fraction of sp³-hybridized carbons (Fsp3) is 0.214. The van der Waals surface area contributed by atoms with Gasteiger partial charge in [0.25, 0.3) is 0 Å². The summed E-state index contributed by atoms with van der Waals surface area (Å²) < 4.78 is 5.87. The standard InChI is InChI=1S/C14H13NO/c1-10-4-2-6-13-12(10)8-7-11-5-3-9-15-14(11)16-13/h2-6,9H,7-8H2,1H3. The van der Waals surface area contributed by atoms with Crippen LogP contribution in [0.5, 0.6) is 11.6 Å². The first kappa shape index (κ1) is 9.40. The maximum Gasteiger partial charge on any atom is 0.222 e. The molecule has 0 saturated heterocycles. The Morgan fingerprint density at radius 3 is 3.00 bits per heavy atom. The van der Waals surface area contributed by atoms with Crippen LogP contribution in [-0.2, 0) is 12.8 Å². The monoisotopic (exact) mass is 211 g/mol. The maximum atomic E-state index is 5.87. The van der Waals surface area contributed by atoms with Gasteiger partial charge in [-0.3, -0.25) is 0 Å². The van der Waals surface area contributed by atoms with Gasteiger partial charge in [0, 0.05) is 11.8 Å². The smallest absolute Gasteiger partial charge is 0.222 e. The van der Waals surface area contributed by atoms with E-state index in [1.807, 2.05) is 18.2 Å². The summed E-state index contributed by atoms with van der Waals surface area (Å²) in [7, 11) is 0. The van der Waals surface area contributed by atoms with Crippen LogP contribution >= 0.6 is 0 Å². The van der Waals surface area contributed by atoms with Gasteiger partial charge in [0.2, 0.25) is 5.88 Å².